The van der Waals surface area contributed by atoms with E-state index in [1.54, 1.807) is 29.2 Å². The molecule has 2 unspecified atom stereocenters. The molecule has 25 heavy (non-hydrogen) atoms. The molecule has 0 spiro atoms. The summed E-state index contributed by atoms with van der Waals surface area (Å²) in [5, 5.41) is 3.26. The maximum absolute atomic E-state index is 12.5. The third kappa shape index (κ3) is 4.95. The lowest BCUT2D eigenvalue weighted by Crippen LogP contribution is -2.45. The van der Waals surface area contributed by atoms with E-state index < -0.39 is 17.9 Å². The zero-order valence-corrected chi connectivity index (χ0v) is 15.4. The lowest BCUT2D eigenvalue weighted by Gasteiger charge is -2.21. The summed E-state index contributed by atoms with van der Waals surface area (Å²) in [5.74, 6) is -1.21. The number of methoxy groups -OCH3 is 1. The maximum Gasteiger partial charge on any atom is 0.328 e. The van der Waals surface area contributed by atoms with Crippen molar-refractivity contribution in [1.82, 2.24) is 5.32 Å². The van der Waals surface area contributed by atoms with Crippen LogP contribution in [-0.2, 0) is 19.1 Å². The highest BCUT2D eigenvalue weighted by Gasteiger charge is 2.36. The van der Waals surface area contributed by atoms with Gasteiger partial charge in [0.25, 0.3) is 0 Å². The predicted molar refractivity (Wildman–Crippen MR) is 95.3 cm³/mol. The fraction of sp³-hybridized carbons (Fsp3) is 0.500. The van der Waals surface area contributed by atoms with Gasteiger partial charge in [-0.3, -0.25) is 9.59 Å². The van der Waals surface area contributed by atoms with Crippen LogP contribution in [0.2, 0.25) is 5.02 Å². The predicted octanol–water partition coefficient (Wildman–Crippen LogP) is 2.40. The van der Waals surface area contributed by atoms with E-state index in [4.69, 9.17) is 16.3 Å². The summed E-state index contributed by atoms with van der Waals surface area (Å²) in [6.45, 7) is 4.19. The molecule has 0 bridgehead atoms. The first-order valence-electron chi connectivity index (χ1n) is 8.26. The maximum atomic E-state index is 12.5. The average Bonchev–Trinajstić information content (AvgIpc) is 2.95. The summed E-state index contributed by atoms with van der Waals surface area (Å²) in [5.41, 5.74) is 0.666. The number of benzene rings is 1. The van der Waals surface area contributed by atoms with Crippen LogP contribution in [0.4, 0.5) is 5.69 Å². The Morgan fingerprint density at radius 2 is 2.12 bits per heavy atom. The van der Waals surface area contributed by atoms with Gasteiger partial charge in [-0.05, 0) is 30.5 Å². The molecule has 1 aromatic carbocycles. The molecule has 2 atom stereocenters. The number of amides is 2. The minimum absolute atomic E-state index is 0.105. The summed E-state index contributed by atoms with van der Waals surface area (Å²) in [6.07, 6.45) is 0.588. The Kier molecular flexibility index (Phi) is 6.42. The van der Waals surface area contributed by atoms with E-state index in [0.29, 0.717) is 17.1 Å². The van der Waals surface area contributed by atoms with Gasteiger partial charge in [0.2, 0.25) is 11.8 Å². The van der Waals surface area contributed by atoms with Gasteiger partial charge < -0.3 is 15.0 Å². The molecular weight excluding hydrogens is 344 g/mol. The van der Waals surface area contributed by atoms with Crippen LogP contribution in [0.15, 0.2) is 24.3 Å². The molecule has 7 heteroatoms. The molecule has 1 aliphatic rings. The van der Waals surface area contributed by atoms with Crippen LogP contribution in [0.3, 0.4) is 0 Å². The minimum Gasteiger partial charge on any atom is -0.467 e. The quantitative estimate of drug-likeness (QED) is 0.784. The van der Waals surface area contributed by atoms with E-state index in [0.717, 1.165) is 0 Å². The van der Waals surface area contributed by atoms with Gasteiger partial charge >= 0.3 is 5.97 Å². The molecule has 1 N–H and O–H groups in total. The van der Waals surface area contributed by atoms with E-state index in [2.05, 4.69) is 5.32 Å². The molecule has 1 heterocycles. The van der Waals surface area contributed by atoms with Crippen molar-refractivity contribution in [2.45, 2.75) is 32.7 Å². The van der Waals surface area contributed by atoms with Gasteiger partial charge in [-0.1, -0.05) is 31.5 Å². The van der Waals surface area contributed by atoms with Crippen molar-refractivity contribution >= 4 is 35.1 Å². The van der Waals surface area contributed by atoms with Crippen LogP contribution in [-0.4, -0.2) is 37.5 Å². The lowest BCUT2D eigenvalue weighted by atomic mass is 10.0. The van der Waals surface area contributed by atoms with Crippen molar-refractivity contribution in [3.05, 3.63) is 29.3 Å². The van der Waals surface area contributed by atoms with Crippen molar-refractivity contribution in [3.63, 3.8) is 0 Å². The van der Waals surface area contributed by atoms with E-state index in [-0.39, 0.29) is 30.7 Å². The first kappa shape index (κ1) is 19.2. The second-order valence-corrected chi connectivity index (χ2v) is 7.04. The number of anilines is 1. The molecule has 0 aliphatic carbocycles. The first-order chi connectivity index (χ1) is 11.8. The van der Waals surface area contributed by atoms with Crippen LogP contribution in [0.25, 0.3) is 0 Å². The lowest BCUT2D eigenvalue weighted by molar-refractivity contribution is -0.146. The molecular formula is C18H23ClN2O4. The number of esters is 1. The van der Waals surface area contributed by atoms with Gasteiger partial charge in [0.15, 0.2) is 0 Å². The summed E-state index contributed by atoms with van der Waals surface area (Å²) < 4.78 is 4.76. The number of ether oxygens (including phenoxy) is 1. The standard InChI is InChI=1S/C18H23ClN2O4/c1-11(2)7-15(18(24)25-3)20-17(23)12-8-16(22)21(10-12)14-6-4-5-13(19)9-14/h4-6,9,11-12,15H,7-8,10H2,1-3H3,(H,20,23). The third-order valence-corrected chi connectivity index (χ3v) is 4.36. The van der Waals surface area contributed by atoms with Gasteiger partial charge in [-0.15, -0.1) is 0 Å². The number of carbonyl (C=O) groups excluding carboxylic acids is 3. The van der Waals surface area contributed by atoms with E-state index >= 15 is 0 Å². The molecule has 0 radical (unpaired) electrons. The molecule has 0 saturated carbocycles. The third-order valence-electron chi connectivity index (χ3n) is 4.12. The zero-order chi connectivity index (χ0) is 18.6. The highest BCUT2D eigenvalue weighted by Crippen LogP contribution is 2.27. The fourth-order valence-electron chi connectivity index (χ4n) is 2.89. The van der Waals surface area contributed by atoms with Gasteiger partial charge in [-0.25, -0.2) is 4.79 Å². The second-order valence-electron chi connectivity index (χ2n) is 6.60. The molecule has 1 fully saturated rings. The molecule has 2 amide bonds. The smallest absolute Gasteiger partial charge is 0.328 e. The zero-order valence-electron chi connectivity index (χ0n) is 14.6. The summed E-state index contributed by atoms with van der Waals surface area (Å²) >= 11 is 5.97. The van der Waals surface area contributed by atoms with Gasteiger partial charge in [0, 0.05) is 23.7 Å². The fourth-order valence-corrected chi connectivity index (χ4v) is 3.08. The van der Waals surface area contributed by atoms with Gasteiger partial charge in [-0.2, -0.15) is 0 Å². The largest absolute Gasteiger partial charge is 0.467 e. The Morgan fingerprint density at radius 1 is 1.40 bits per heavy atom. The van der Waals surface area contributed by atoms with E-state index in [1.807, 2.05) is 13.8 Å². The Hall–Kier alpha value is -2.08. The highest BCUT2D eigenvalue weighted by molar-refractivity contribution is 6.31. The van der Waals surface area contributed by atoms with Gasteiger partial charge in [0.05, 0.1) is 13.0 Å². The van der Waals surface area contributed by atoms with E-state index in [1.165, 1.54) is 7.11 Å². The van der Waals surface area contributed by atoms with Crippen LogP contribution in [0.5, 0.6) is 0 Å². The summed E-state index contributed by atoms with van der Waals surface area (Å²) in [6, 6.07) is 6.25. The van der Waals surface area contributed by atoms with Crippen LogP contribution in [0, 0.1) is 11.8 Å². The summed E-state index contributed by atoms with van der Waals surface area (Å²) in [4.78, 5) is 38.2. The molecule has 1 aliphatic heterocycles. The first-order valence-corrected chi connectivity index (χ1v) is 8.63. The van der Waals surface area contributed by atoms with Crippen molar-refractivity contribution in [2.24, 2.45) is 11.8 Å². The number of halogens is 1. The number of hydrogen-bond donors (Lipinski definition) is 1. The minimum atomic E-state index is -0.701. The summed E-state index contributed by atoms with van der Waals surface area (Å²) in [7, 11) is 1.29. The number of rotatable bonds is 6. The molecule has 1 saturated heterocycles. The number of carbonyl (C=O) groups is 3. The number of nitrogens with zero attached hydrogens (tertiary/aromatic N) is 1. The van der Waals surface area contributed by atoms with Crippen molar-refractivity contribution < 1.29 is 19.1 Å². The average molecular weight is 367 g/mol. The molecule has 1 aromatic rings. The Bertz CT molecular complexity index is 662. The monoisotopic (exact) mass is 366 g/mol. The van der Waals surface area contributed by atoms with Gasteiger partial charge in [0.1, 0.15) is 6.04 Å². The van der Waals surface area contributed by atoms with Crippen molar-refractivity contribution in [2.75, 3.05) is 18.6 Å². The van der Waals surface area contributed by atoms with Crippen molar-refractivity contribution in [1.29, 1.82) is 0 Å². The SMILES string of the molecule is COC(=O)C(CC(C)C)NC(=O)C1CC(=O)N(c2cccc(Cl)c2)C1. The Morgan fingerprint density at radius 3 is 2.72 bits per heavy atom. The van der Waals surface area contributed by atoms with Crippen LogP contribution >= 0.6 is 11.6 Å². The molecule has 6 nitrogen and oxygen atoms in total. The van der Waals surface area contributed by atoms with Crippen LogP contribution < -0.4 is 10.2 Å². The molecule has 136 valence electrons. The Balaban J connectivity index is 2.05. The molecule has 2 rings (SSSR count). The molecule has 0 aromatic heterocycles. The number of nitrogens with one attached hydrogen (secondary N) is 1. The highest BCUT2D eigenvalue weighted by atomic mass is 35.5. The Labute approximate surface area is 152 Å². The second kappa shape index (κ2) is 8.34. The van der Waals surface area contributed by atoms with Crippen molar-refractivity contribution in [3.8, 4) is 0 Å². The normalized spacial score (nSPS) is 18.4. The topological polar surface area (TPSA) is 75.7 Å². The van der Waals surface area contributed by atoms with E-state index in [9.17, 15) is 14.4 Å². The number of hydrogen-bond acceptors (Lipinski definition) is 4. The van der Waals surface area contributed by atoms with Crippen LogP contribution in [0.1, 0.15) is 26.7 Å².